The van der Waals surface area contributed by atoms with E-state index in [2.05, 4.69) is 123 Å². The van der Waals surface area contributed by atoms with Crippen LogP contribution in [0, 0.1) is 0 Å². The van der Waals surface area contributed by atoms with Crippen LogP contribution in [0.15, 0.2) is 109 Å². The fourth-order valence-corrected chi connectivity index (χ4v) is 10.3. The van der Waals surface area contributed by atoms with Crippen LogP contribution < -0.4 is 5.32 Å². The predicted octanol–water partition coefficient (Wildman–Crippen LogP) is 18.0. The molecule has 1 amide bonds. The lowest BCUT2D eigenvalue weighted by Crippen LogP contribution is -2.61. The van der Waals surface area contributed by atoms with Gasteiger partial charge in [0, 0.05) is 6.42 Å². The Morgan fingerprint density at radius 2 is 0.802 bits per heavy atom. The van der Waals surface area contributed by atoms with E-state index in [1.807, 2.05) is 6.08 Å². The molecule has 1 heterocycles. The third kappa shape index (κ3) is 48.3. The number of hydrogen-bond acceptors (Lipinski definition) is 10. The van der Waals surface area contributed by atoms with Gasteiger partial charge in [0.05, 0.1) is 25.4 Å². The molecule has 1 rings (SSSR count). The summed E-state index contributed by atoms with van der Waals surface area (Å²) in [4.78, 5) is 26.7. The lowest BCUT2D eigenvalue weighted by atomic mass is 9.99. The highest BCUT2D eigenvalue weighted by Crippen LogP contribution is 2.26. The number of hydrogen-bond donors (Lipinski definition) is 6. The van der Waals surface area contributed by atoms with Crippen molar-refractivity contribution in [2.24, 2.45) is 0 Å². The Balaban J connectivity index is 2.61. The summed E-state index contributed by atoms with van der Waals surface area (Å²) in [6.45, 7) is 5.73. The van der Waals surface area contributed by atoms with Crippen LogP contribution in [0.2, 0.25) is 0 Å². The zero-order valence-electron chi connectivity index (χ0n) is 54.9. The lowest BCUT2D eigenvalue weighted by Gasteiger charge is -2.41. The van der Waals surface area contributed by atoms with Crippen LogP contribution in [0.4, 0.5) is 0 Å². The summed E-state index contributed by atoms with van der Waals surface area (Å²) in [6.07, 6.45) is 74.1. The van der Waals surface area contributed by atoms with Crippen LogP contribution in [-0.2, 0) is 23.8 Å². The van der Waals surface area contributed by atoms with Gasteiger partial charge >= 0.3 is 5.97 Å². The number of aliphatic hydroxyl groups is 5. The van der Waals surface area contributed by atoms with Gasteiger partial charge < -0.3 is 45.1 Å². The van der Waals surface area contributed by atoms with Crippen molar-refractivity contribution in [1.82, 2.24) is 5.32 Å². The Bertz CT molecular complexity index is 1820. The molecule has 0 aliphatic carbocycles. The number of carbonyl (C=O) groups is 2. The normalized spacial score (nSPS) is 19.0. The highest BCUT2D eigenvalue weighted by Gasteiger charge is 2.47. The molecule has 11 heteroatoms. The Hall–Kier alpha value is -3.68. The quantitative estimate of drug-likeness (QED) is 0.0195. The first-order chi connectivity index (χ1) is 42.2. The van der Waals surface area contributed by atoms with Gasteiger partial charge in [-0.25, -0.2) is 0 Å². The van der Waals surface area contributed by atoms with Crippen LogP contribution in [-0.4, -0.2) is 99.6 Å². The summed E-state index contributed by atoms with van der Waals surface area (Å²) in [7, 11) is 0. The molecule has 0 aromatic heterocycles. The molecular formula is C75H129NO10. The van der Waals surface area contributed by atoms with E-state index < -0.39 is 67.4 Å². The second kappa shape index (κ2) is 61.6. The summed E-state index contributed by atoms with van der Waals surface area (Å²) in [6, 6.07) is -1.04. The van der Waals surface area contributed by atoms with Gasteiger partial charge in [-0.2, -0.15) is 0 Å². The highest BCUT2D eigenvalue weighted by molar-refractivity contribution is 5.80. The molecule has 6 N–H and O–H groups in total. The van der Waals surface area contributed by atoms with Crippen LogP contribution in [0.1, 0.15) is 290 Å². The first-order valence-electron chi connectivity index (χ1n) is 35.2. The molecule has 1 fully saturated rings. The molecule has 86 heavy (non-hydrogen) atoms. The van der Waals surface area contributed by atoms with E-state index in [1.165, 1.54) is 141 Å². The van der Waals surface area contributed by atoms with E-state index in [4.69, 9.17) is 14.2 Å². The van der Waals surface area contributed by atoms with Gasteiger partial charge in [-0.15, -0.1) is 0 Å². The lowest BCUT2D eigenvalue weighted by molar-refractivity contribution is -0.305. The Kier molecular flexibility index (Phi) is 57.5. The molecule has 8 atom stereocenters. The average Bonchev–Trinajstić information content (AvgIpc) is 3.68. The highest BCUT2D eigenvalue weighted by atomic mass is 16.7. The number of rotatable bonds is 59. The maximum absolute atomic E-state index is 13.5. The number of nitrogens with one attached hydrogen (secondary N) is 1. The first-order valence-corrected chi connectivity index (χ1v) is 35.2. The van der Waals surface area contributed by atoms with Gasteiger partial charge in [0.25, 0.3) is 0 Å². The number of unbranched alkanes of at least 4 members (excludes halogenated alkanes) is 29. The van der Waals surface area contributed by atoms with E-state index in [0.717, 1.165) is 103 Å². The second-order valence-electron chi connectivity index (χ2n) is 23.9. The smallest absolute Gasteiger partial charge is 0.306 e. The minimum Gasteiger partial charge on any atom is -0.454 e. The number of aliphatic hydroxyl groups excluding tert-OH is 5. The second-order valence-corrected chi connectivity index (χ2v) is 23.9. The monoisotopic (exact) mass is 1200 g/mol. The summed E-state index contributed by atoms with van der Waals surface area (Å²) in [5, 5.41) is 57.2. The molecule has 8 unspecified atom stereocenters. The van der Waals surface area contributed by atoms with E-state index in [0.29, 0.717) is 12.8 Å². The van der Waals surface area contributed by atoms with Gasteiger partial charge in [-0.3, -0.25) is 9.59 Å². The third-order valence-corrected chi connectivity index (χ3v) is 15.9. The minimum atomic E-state index is -1.63. The van der Waals surface area contributed by atoms with Crippen molar-refractivity contribution in [3.63, 3.8) is 0 Å². The van der Waals surface area contributed by atoms with Crippen LogP contribution >= 0.6 is 0 Å². The Morgan fingerprint density at radius 1 is 0.453 bits per heavy atom. The number of allylic oxidation sites excluding steroid dienone is 17. The third-order valence-electron chi connectivity index (χ3n) is 15.9. The molecule has 0 bridgehead atoms. The zero-order valence-corrected chi connectivity index (χ0v) is 54.9. The van der Waals surface area contributed by atoms with Gasteiger partial charge in [0.1, 0.15) is 24.4 Å². The van der Waals surface area contributed by atoms with E-state index in [9.17, 15) is 35.1 Å². The molecule has 1 aliphatic heterocycles. The fourth-order valence-electron chi connectivity index (χ4n) is 10.3. The topological polar surface area (TPSA) is 175 Å². The van der Waals surface area contributed by atoms with Gasteiger partial charge in [-0.1, -0.05) is 278 Å². The van der Waals surface area contributed by atoms with Crippen LogP contribution in [0.3, 0.4) is 0 Å². The van der Waals surface area contributed by atoms with Crippen molar-refractivity contribution in [3.8, 4) is 0 Å². The summed E-state index contributed by atoms with van der Waals surface area (Å²) < 4.78 is 17.6. The Morgan fingerprint density at radius 3 is 1.22 bits per heavy atom. The molecule has 1 aliphatic rings. The molecule has 494 valence electrons. The largest absolute Gasteiger partial charge is 0.454 e. The molecule has 0 spiro atoms. The van der Waals surface area contributed by atoms with Crippen molar-refractivity contribution in [2.75, 3.05) is 13.2 Å². The summed E-state index contributed by atoms with van der Waals surface area (Å²) in [5.41, 5.74) is 0. The SMILES string of the molecule is CCCCC/C=C\C/C=C\C/C=C\C/C=C\CCCCCCCCCCCCC(O)C(=O)NC(COC1OC(CO)C(O)C(O)C1OC(=O)CCCCC/C=C\C/C=C\C/C=C\C/C=C\CCCCC)C(O)/C=C/CCCCCCCCCCCC. The minimum absolute atomic E-state index is 0.0812. The Labute approximate surface area is 526 Å². The predicted molar refractivity (Wildman–Crippen MR) is 361 cm³/mol. The maximum Gasteiger partial charge on any atom is 0.306 e. The van der Waals surface area contributed by atoms with Crippen molar-refractivity contribution >= 4 is 11.9 Å². The molecule has 0 aromatic carbocycles. The number of amides is 1. The summed E-state index contributed by atoms with van der Waals surface area (Å²) in [5.74, 6) is -1.23. The molecule has 11 nitrogen and oxygen atoms in total. The van der Waals surface area contributed by atoms with Gasteiger partial charge in [-0.05, 0) is 116 Å². The molecule has 1 saturated heterocycles. The van der Waals surface area contributed by atoms with Crippen molar-refractivity contribution < 1.29 is 49.3 Å². The maximum atomic E-state index is 13.5. The van der Waals surface area contributed by atoms with Crippen molar-refractivity contribution in [2.45, 2.75) is 339 Å². The van der Waals surface area contributed by atoms with Crippen LogP contribution in [0.5, 0.6) is 0 Å². The van der Waals surface area contributed by atoms with E-state index >= 15 is 0 Å². The first kappa shape index (κ1) is 80.3. The number of ether oxygens (including phenoxy) is 3. The number of carbonyl (C=O) groups excluding carboxylic acids is 2. The number of esters is 1. The fraction of sp³-hybridized carbons (Fsp3) is 0.733. The summed E-state index contributed by atoms with van der Waals surface area (Å²) >= 11 is 0. The van der Waals surface area contributed by atoms with Gasteiger partial charge in [0.2, 0.25) is 5.91 Å². The van der Waals surface area contributed by atoms with Crippen molar-refractivity contribution in [3.05, 3.63) is 109 Å². The van der Waals surface area contributed by atoms with Gasteiger partial charge in [0.15, 0.2) is 12.4 Å². The van der Waals surface area contributed by atoms with E-state index in [-0.39, 0.29) is 19.4 Å². The van der Waals surface area contributed by atoms with Crippen molar-refractivity contribution in [1.29, 1.82) is 0 Å². The zero-order chi connectivity index (χ0) is 62.4. The molecular weight excluding hydrogens is 1070 g/mol. The molecule has 0 radical (unpaired) electrons. The van der Waals surface area contributed by atoms with Crippen LogP contribution in [0.25, 0.3) is 0 Å². The molecule has 0 saturated carbocycles. The standard InChI is InChI=1S/C75H129NO10/c1-4-7-10-13-16-19-22-25-27-29-31-32-33-34-35-36-37-39-40-42-44-47-50-53-56-59-62-68(79)74(83)76-66(67(78)61-58-55-52-49-46-24-21-18-15-12-9-6-3)65-84-75-73(72(82)71(81)69(64-77)85-75)86-70(80)63-60-57-54-51-48-45-43-41-38-30-28-26-23-20-17-14-11-8-5-2/h16-17,19-20,25-28,31-32,34-35,38,41,45,48,58,61,66-69,71-73,75,77-79,81-82H,4-15,18,21-24,29-30,33,36-37,39-40,42-44,46-47,49-57,59-60,62-65H2,1-3H3,(H,76,83)/b19-16-,20-17-,27-25-,28-26-,32-31-,35-34-,41-38-,48-45-,61-58+. The average molecular weight is 1200 g/mol. The van der Waals surface area contributed by atoms with E-state index in [1.54, 1.807) is 6.08 Å². The molecule has 0 aromatic rings.